The summed E-state index contributed by atoms with van der Waals surface area (Å²) in [4.78, 5) is 25.5. The molecule has 0 fully saturated rings. The summed E-state index contributed by atoms with van der Waals surface area (Å²) in [6.07, 6.45) is 3.33. The summed E-state index contributed by atoms with van der Waals surface area (Å²) in [5.41, 5.74) is 2.98. The number of fused-ring (bicyclic) bond motifs is 6. The first-order valence-corrected chi connectivity index (χ1v) is 12.9. The van der Waals surface area contributed by atoms with Crippen molar-refractivity contribution in [3.63, 3.8) is 0 Å². The Balaban J connectivity index is 1.02. The van der Waals surface area contributed by atoms with Crippen molar-refractivity contribution in [2.75, 3.05) is 0 Å². The van der Waals surface area contributed by atoms with Gasteiger partial charge in [-0.15, -0.1) is 0 Å². The lowest BCUT2D eigenvalue weighted by atomic mass is 10.0. The number of hydrogen-bond acceptors (Lipinski definition) is 6. The van der Waals surface area contributed by atoms with Crippen molar-refractivity contribution in [2.24, 2.45) is 0 Å². The summed E-state index contributed by atoms with van der Waals surface area (Å²) in [7, 11) is 0. The Kier molecular flexibility index (Phi) is 5.78. The largest absolute Gasteiger partial charge is 0.464 e. The van der Waals surface area contributed by atoms with Crippen molar-refractivity contribution in [2.45, 2.75) is 12.8 Å². The molecule has 0 saturated carbocycles. The summed E-state index contributed by atoms with van der Waals surface area (Å²) in [6, 6.07) is 30.2. The van der Waals surface area contributed by atoms with Gasteiger partial charge in [0.1, 0.15) is 22.7 Å². The molecule has 2 aromatic heterocycles. The van der Waals surface area contributed by atoms with Gasteiger partial charge in [0.05, 0.1) is 25.4 Å². The van der Waals surface area contributed by atoms with Gasteiger partial charge >= 0.3 is 11.9 Å². The first-order valence-electron chi connectivity index (χ1n) is 12.9. The van der Waals surface area contributed by atoms with Crippen LogP contribution in [0.1, 0.15) is 11.1 Å². The van der Waals surface area contributed by atoms with Crippen LogP contribution < -0.4 is 9.47 Å². The van der Waals surface area contributed by atoms with E-state index in [2.05, 4.69) is 0 Å². The third-order valence-electron chi connectivity index (χ3n) is 7.04. The summed E-state index contributed by atoms with van der Waals surface area (Å²) in [5, 5.41) is 6.03. The Hall–Kier alpha value is -5.36. The molecule has 5 aromatic carbocycles. The van der Waals surface area contributed by atoms with Crippen LogP contribution in [0.3, 0.4) is 0 Å². The third kappa shape index (κ3) is 4.35. The van der Waals surface area contributed by atoms with E-state index in [1.807, 2.05) is 72.8 Å². The summed E-state index contributed by atoms with van der Waals surface area (Å²) in [6.45, 7) is 0. The van der Waals surface area contributed by atoms with Gasteiger partial charge in [-0.25, -0.2) is 0 Å². The SMILES string of the molecule is O=C(Cc1coc2ccc3ccccc3c12)Oc1ccc(OC(=O)Cc2coc3ccc4ccccc4c23)cc1. The van der Waals surface area contributed by atoms with E-state index in [9.17, 15) is 9.59 Å². The Morgan fingerprint density at radius 1 is 0.525 bits per heavy atom. The Morgan fingerprint density at radius 3 is 1.40 bits per heavy atom. The lowest BCUT2D eigenvalue weighted by Gasteiger charge is -2.07. The van der Waals surface area contributed by atoms with Gasteiger partial charge in [-0.3, -0.25) is 9.59 Å². The molecular formula is C34H22O6. The molecule has 6 nitrogen and oxygen atoms in total. The second-order valence-corrected chi connectivity index (χ2v) is 9.61. The molecule has 0 aliphatic carbocycles. The van der Waals surface area contributed by atoms with Gasteiger partial charge in [0.25, 0.3) is 0 Å². The molecule has 0 atom stereocenters. The Labute approximate surface area is 228 Å². The highest BCUT2D eigenvalue weighted by molar-refractivity contribution is 6.09. The predicted octanol–water partition coefficient (Wildman–Crippen LogP) is 7.78. The average Bonchev–Trinajstić information content (AvgIpc) is 3.58. The smallest absolute Gasteiger partial charge is 0.315 e. The standard InChI is InChI=1S/C34H22O6/c35-31(17-23-19-37-29-15-9-21-5-1-3-7-27(21)33(23)29)39-25-11-13-26(14-12-25)40-32(36)18-24-20-38-30-16-10-22-6-2-4-8-28(22)34(24)30/h1-16,19-20H,17-18H2. The number of rotatable bonds is 6. The highest BCUT2D eigenvalue weighted by Crippen LogP contribution is 2.32. The average molecular weight is 527 g/mol. The van der Waals surface area contributed by atoms with Crippen molar-refractivity contribution in [1.82, 2.24) is 0 Å². The van der Waals surface area contributed by atoms with E-state index in [1.165, 1.54) is 0 Å². The van der Waals surface area contributed by atoms with Crippen LogP contribution in [0.25, 0.3) is 43.5 Å². The molecule has 6 heteroatoms. The molecule has 7 aromatic rings. The van der Waals surface area contributed by atoms with Gasteiger partial charge in [-0.2, -0.15) is 0 Å². The number of carbonyl (C=O) groups is 2. The van der Waals surface area contributed by atoms with Crippen molar-refractivity contribution in [3.8, 4) is 11.5 Å². The highest BCUT2D eigenvalue weighted by atomic mass is 16.5. The molecule has 7 rings (SSSR count). The zero-order valence-corrected chi connectivity index (χ0v) is 21.3. The fraction of sp³-hybridized carbons (Fsp3) is 0.0588. The quantitative estimate of drug-likeness (QED) is 0.163. The molecule has 0 unspecified atom stereocenters. The monoisotopic (exact) mass is 526 g/mol. The number of hydrogen-bond donors (Lipinski definition) is 0. The fourth-order valence-electron chi connectivity index (χ4n) is 5.23. The minimum Gasteiger partial charge on any atom is -0.464 e. The number of carbonyl (C=O) groups excluding carboxylic acids is 2. The van der Waals surface area contributed by atoms with E-state index in [0.29, 0.717) is 11.5 Å². The van der Waals surface area contributed by atoms with Crippen LogP contribution in [0.4, 0.5) is 0 Å². The first-order chi connectivity index (χ1) is 19.6. The lowest BCUT2D eigenvalue weighted by molar-refractivity contribution is -0.134. The molecule has 0 bridgehead atoms. The molecule has 0 radical (unpaired) electrons. The molecule has 0 saturated heterocycles. The molecular weight excluding hydrogens is 504 g/mol. The molecule has 0 N–H and O–H groups in total. The Morgan fingerprint density at radius 2 is 0.950 bits per heavy atom. The zero-order chi connectivity index (χ0) is 27.1. The van der Waals surface area contributed by atoms with E-state index in [4.69, 9.17) is 18.3 Å². The maximum atomic E-state index is 12.7. The molecule has 0 amide bonds. The number of ether oxygens (including phenoxy) is 2. The van der Waals surface area contributed by atoms with Crippen LogP contribution >= 0.6 is 0 Å². The van der Waals surface area contributed by atoms with Crippen molar-refractivity contribution in [1.29, 1.82) is 0 Å². The van der Waals surface area contributed by atoms with Crippen molar-refractivity contribution < 1.29 is 27.9 Å². The normalized spacial score (nSPS) is 11.4. The van der Waals surface area contributed by atoms with Gasteiger partial charge in [0.15, 0.2) is 0 Å². The number of esters is 2. The number of benzene rings is 5. The van der Waals surface area contributed by atoms with E-state index in [1.54, 1.807) is 36.8 Å². The van der Waals surface area contributed by atoms with Crippen LogP contribution in [0.15, 0.2) is 118 Å². The molecule has 2 heterocycles. The second-order valence-electron chi connectivity index (χ2n) is 9.61. The van der Waals surface area contributed by atoms with Crippen LogP contribution in [0.2, 0.25) is 0 Å². The van der Waals surface area contributed by atoms with Crippen LogP contribution in [-0.2, 0) is 22.4 Å². The fourth-order valence-corrected chi connectivity index (χ4v) is 5.23. The second kappa shape index (κ2) is 9.75. The van der Waals surface area contributed by atoms with Crippen molar-refractivity contribution >= 4 is 55.4 Å². The van der Waals surface area contributed by atoms with E-state index < -0.39 is 11.9 Å². The van der Waals surface area contributed by atoms with Gasteiger partial charge in [-0.1, -0.05) is 60.7 Å². The van der Waals surface area contributed by atoms with Gasteiger partial charge in [0, 0.05) is 21.9 Å². The molecule has 0 aliphatic rings. The maximum Gasteiger partial charge on any atom is 0.315 e. The molecule has 0 aliphatic heterocycles. The summed E-state index contributed by atoms with van der Waals surface area (Å²) >= 11 is 0. The van der Waals surface area contributed by atoms with Gasteiger partial charge < -0.3 is 18.3 Å². The molecule has 194 valence electrons. The van der Waals surface area contributed by atoms with E-state index in [-0.39, 0.29) is 12.8 Å². The molecule has 40 heavy (non-hydrogen) atoms. The molecule has 0 spiro atoms. The Bertz CT molecular complexity index is 1900. The van der Waals surface area contributed by atoms with E-state index >= 15 is 0 Å². The highest BCUT2D eigenvalue weighted by Gasteiger charge is 2.17. The third-order valence-corrected chi connectivity index (χ3v) is 7.04. The van der Waals surface area contributed by atoms with Crippen LogP contribution in [0, 0.1) is 0 Å². The maximum absolute atomic E-state index is 12.7. The van der Waals surface area contributed by atoms with Crippen LogP contribution in [0.5, 0.6) is 11.5 Å². The zero-order valence-electron chi connectivity index (χ0n) is 21.3. The predicted molar refractivity (Wildman–Crippen MR) is 153 cm³/mol. The summed E-state index contributed by atoms with van der Waals surface area (Å²) < 4.78 is 22.5. The topological polar surface area (TPSA) is 78.9 Å². The van der Waals surface area contributed by atoms with Crippen molar-refractivity contribution in [3.05, 3.63) is 121 Å². The minimum atomic E-state index is -0.417. The van der Waals surface area contributed by atoms with Crippen LogP contribution in [-0.4, -0.2) is 11.9 Å². The number of furan rings is 2. The van der Waals surface area contributed by atoms with Gasteiger partial charge in [0.2, 0.25) is 0 Å². The lowest BCUT2D eigenvalue weighted by Crippen LogP contribution is -2.12. The van der Waals surface area contributed by atoms with E-state index in [0.717, 1.165) is 54.6 Å². The van der Waals surface area contributed by atoms with Gasteiger partial charge in [-0.05, 0) is 57.9 Å². The minimum absolute atomic E-state index is 0.0606. The first kappa shape index (κ1) is 23.7. The summed E-state index contributed by atoms with van der Waals surface area (Å²) in [5.74, 6) is -0.122.